The van der Waals surface area contributed by atoms with E-state index in [1.807, 2.05) is 0 Å². The van der Waals surface area contributed by atoms with Crippen molar-refractivity contribution in [3.05, 3.63) is 44.8 Å². The molecule has 12 heteroatoms. The summed E-state index contributed by atoms with van der Waals surface area (Å²) in [6, 6.07) is 3.63. The average Bonchev–Trinajstić information content (AvgIpc) is 2.82. The first-order valence-electron chi connectivity index (χ1n) is 10.8. The van der Waals surface area contributed by atoms with Crippen LogP contribution in [0.25, 0.3) is 0 Å². The first-order chi connectivity index (χ1) is 15.8. The van der Waals surface area contributed by atoms with Gasteiger partial charge < -0.3 is 15.2 Å². The Hall–Kier alpha value is -1.85. The van der Waals surface area contributed by atoms with Gasteiger partial charge in [0.15, 0.2) is 0 Å². The predicted octanol–water partition coefficient (Wildman–Crippen LogP) is 3.12. The molecule has 4 rings (SSSR count). The Morgan fingerprint density at radius 3 is 2.67 bits per heavy atom. The third-order valence-corrected chi connectivity index (χ3v) is 8.62. The van der Waals surface area contributed by atoms with Gasteiger partial charge in [0.25, 0.3) is 5.56 Å². The van der Waals surface area contributed by atoms with E-state index in [9.17, 15) is 18.3 Å². The van der Waals surface area contributed by atoms with Gasteiger partial charge in [-0.05, 0) is 49.8 Å². The van der Waals surface area contributed by atoms with E-state index in [-0.39, 0.29) is 39.8 Å². The second kappa shape index (κ2) is 10.2. The normalized spacial score (nSPS) is 20.6. The molecule has 0 amide bonds. The molecule has 180 valence electrons. The van der Waals surface area contributed by atoms with Gasteiger partial charge in [-0.25, -0.2) is 13.1 Å². The van der Waals surface area contributed by atoms with Crippen molar-refractivity contribution < 1.29 is 18.3 Å². The van der Waals surface area contributed by atoms with E-state index in [4.69, 9.17) is 27.9 Å². The van der Waals surface area contributed by atoms with Crippen LogP contribution in [0.15, 0.2) is 34.1 Å². The highest BCUT2D eigenvalue weighted by Gasteiger charge is 2.33. The highest BCUT2D eigenvalue weighted by Crippen LogP contribution is 2.32. The molecule has 2 N–H and O–H groups in total. The molecule has 1 aromatic heterocycles. The summed E-state index contributed by atoms with van der Waals surface area (Å²) in [5, 5.41) is 17.8. The van der Waals surface area contributed by atoms with Crippen LogP contribution in [0.3, 0.4) is 0 Å². The lowest BCUT2D eigenvalue weighted by Crippen LogP contribution is -2.41. The maximum atomic E-state index is 13.0. The zero-order valence-corrected chi connectivity index (χ0v) is 20.2. The van der Waals surface area contributed by atoms with Gasteiger partial charge in [0.05, 0.1) is 24.5 Å². The molecule has 1 aromatic carbocycles. The molecule has 2 fully saturated rings. The summed E-state index contributed by atoms with van der Waals surface area (Å²) in [7, 11) is -3.92. The second-order valence-corrected chi connectivity index (χ2v) is 11.1. The number of nitrogens with zero attached hydrogens (tertiary/aromatic N) is 3. The van der Waals surface area contributed by atoms with Gasteiger partial charge in [-0.15, -0.1) is 0 Å². The summed E-state index contributed by atoms with van der Waals surface area (Å²) in [6.07, 6.45) is 4.39. The number of aromatic hydroxyl groups is 1. The van der Waals surface area contributed by atoms with E-state index in [0.717, 1.165) is 19.4 Å². The van der Waals surface area contributed by atoms with Crippen molar-refractivity contribution in [1.29, 1.82) is 0 Å². The topological polar surface area (TPSA) is 114 Å². The minimum atomic E-state index is -3.92. The Morgan fingerprint density at radius 2 is 1.97 bits per heavy atom. The molecule has 2 aliphatic heterocycles. The summed E-state index contributed by atoms with van der Waals surface area (Å²) in [4.78, 5) is 12.6. The Kier molecular flexibility index (Phi) is 7.49. The van der Waals surface area contributed by atoms with Crippen LogP contribution in [0.2, 0.25) is 10.0 Å². The monoisotopic (exact) mass is 516 g/mol. The molecule has 33 heavy (non-hydrogen) atoms. The minimum Gasteiger partial charge on any atom is -0.507 e. The molecule has 2 aliphatic rings. The van der Waals surface area contributed by atoms with Crippen LogP contribution in [0.1, 0.15) is 31.7 Å². The van der Waals surface area contributed by atoms with Crippen LogP contribution in [0, 0.1) is 5.92 Å². The van der Waals surface area contributed by atoms with Crippen LogP contribution >= 0.6 is 23.2 Å². The fourth-order valence-corrected chi connectivity index (χ4v) is 6.23. The molecule has 0 unspecified atom stereocenters. The third-order valence-electron chi connectivity index (χ3n) is 6.09. The molecule has 3 heterocycles. The van der Waals surface area contributed by atoms with Crippen molar-refractivity contribution in [3.8, 4) is 5.75 Å². The quantitative estimate of drug-likeness (QED) is 0.605. The second-order valence-electron chi connectivity index (χ2n) is 8.33. The first-order valence-corrected chi connectivity index (χ1v) is 13.0. The highest BCUT2D eigenvalue weighted by molar-refractivity contribution is 7.89. The number of benzene rings is 1. The van der Waals surface area contributed by atoms with E-state index in [0.29, 0.717) is 37.6 Å². The molecular weight excluding hydrogens is 491 g/mol. The van der Waals surface area contributed by atoms with E-state index >= 15 is 0 Å². The smallest absolute Gasteiger partial charge is 0.287 e. The molecular formula is C21H26Cl2N4O5S. The molecule has 0 spiro atoms. The van der Waals surface area contributed by atoms with Gasteiger partial charge in [0, 0.05) is 31.3 Å². The van der Waals surface area contributed by atoms with Crippen molar-refractivity contribution in [3.63, 3.8) is 0 Å². The van der Waals surface area contributed by atoms with E-state index in [2.05, 4.69) is 10.4 Å². The van der Waals surface area contributed by atoms with Crippen LogP contribution < -0.4 is 10.9 Å². The standard InChI is InChI=1S/C21H26Cl2N4O5S/c22-15-3-4-18(28)19(10-15)33(30,31)26-7-5-16(6-8-26)27-21(29)20(23)17(12-25-27)24-11-14-2-1-9-32-13-14/h3-4,10,12,14,16,24,28H,1-2,5-9,11,13H2/t14-/m1/s1. The number of nitrogens with one attached hydrogen (secondary N) is 1. The number of anilines is 1. The number of rotatable bonds is 6. The number of phenols is 1. The maximum Gasteiger partial charge on any atom is 0.287 e. The number of aromatic nitrogens is 2. The minimum absolute atomic E-state index is 0.0700. The number of ether oxygens (including phenoxy) is 1. The summed E-state index contributed by atoms with van der Waals surface area (Å²) in [5.41, 5.74) is 0.0790. The number of hydrogen-bond donors (Lipinski definition) is 2. The number of halogens is 2. The maximum absolute atomic E-state index is 13.0. The van der Waals surface area contributed by atoms with E-state index in [1.54, 1.807) is 6.20 Å². The fourth-order valence-electron chi connectivity index (χ4n) is 4.21. The van der Waals surface area contributed by atoms with Gasteiger partial charge in [-0.1, -0.05) is 23.2 Å². The number of hydrogen-bond acceptors (Lipinski definition) is 7. The van der Waals surface area contributed by atoms with Crippen LogP contribution in [0.4, 0.5) is 5.69 Å². The highest BCUT2D eigenvalue weighted by atomic mass is 35.5. The van der Waals surface area contributed by atoms with Gasteiger partial charge in [-0.3, -0.25) is 4.79 Å². The lowest BCUT2D eigenvalue weighted by molar-refractivity contribution is 0.0595. The molecule has 1 atom stereocenters. The Morgan fingerprint density at radius 1 is 1.21 bits per heavy atom. The zero-order chi connectivity index (χ0) is 23.6. The Balaban J connectivity index is 1.42. The number of piperidine rings is 1. The summed E-state index contributed by atoms with van der Waals surface area (Å²) >= 11 is 12.2. The van der Waals surface area contributed by atoms with Gasteiger partial charge >= 0.3 is 0 Å². The molecule has 0 aliphatic carbocycles. The van der Waals surface area contributed by atoms with Gasteiger partial charge in [0.1, 0.15) is 15.7 Å². The van der Waals surface area contributed by atoms with E-state index in [1.165, 1.54) is 27.2 Å². The van der Waals surface area contributed by atoms with Crippen molar-refractivity contribution in [1.82, 2.24) is 14.1 Å². The summed E-state index contributed by atoms with van der Waals surface area (Å²) < 4.78 is 34.0. The first kappa shape index (κ1) is 24.3. The predicted molar refractivity (Wildman–Crippen MR) is 126 cm³/mol. The third kappa shape index (κ3) is 5.30. The number of phenolic OH excluding ortho intramolecular Hbond substituents is 1. The van der Waals surface area contributed by atoms with Gasteiger partial charge in [-0.2, -0.15) is 9.40 Å². The van der Waals surface area contributed by atoms with Crippen LogP contribution in [0.5, 0.6) is 5.75 Å². The fraction of sp³-hybridized carbons (Fsp3) is 0.524. The van der Waals surface area contributed by atoms with Crippen molar-refractivity contribution in [2.24, 2.45) is 5.92 Å². The Labute approximate surface area is 202 Å². The largest absolute Gasteiger partial charge is 0.507 e. The molecule has 2 aromatic rings. The van der Waals surface area contributed by atoms with Gasteiger partial charge in [0.2, 0.25) is 10.0 Å². The molecule has 9 nitrogen and oxygen atoms in total. The molecule has 0 radical (unpaired) electrons. The lowest BCUT2D eigenvalue weighted by atomic mass is 10.0. The Bertz CT molecular complexity index is 1160. The van der Waals surface area contributed by atoms with E-state index < -0.39 is 15.6 Å². The molecule has 0 bridgehead atoms. The number of sulfonamides is 1. The molecule has 0 saturated carbocycles. The van der Waals surface area contributed by atoms with Crippen LogP contribution in [-0.2, 0) is 14.8 Å². The van der Waals surface area contributed by atoms with Crippen molar-refractivity contribution >= 4 is 38.9 Å². The average molecular weight is 517 g/mol. The van der Waals surface area contributed by atoms with Crippen molar-refractivity contribution in [2.75, 3.05) is 38.2 Å². The summed E-state index contributed by atoms with van der Waals surface area (Å²) in [5.74, 6) is 0.0107. The summed E-state index contributed by atoms with van der Waals surface area (Å²) in [6.45, 7) is 2.47. The van der Waals surface area contributed by atoms with Crippen molar-refractivity contribution in [2.45, 2.75) is 36.6 Å². The SMILES string of the molecule is O=c1c(Cl)c(NC[C@H]2CCCOC2)cnn1C1CCN(S(=O)(=O)c2cc(Cl)ccc2O)CC1. The lowest BCUT2D eigenvalue weighted by Gasteiger charge is -2.31. The molecule has 2 saturated heterocycles. The van der Waals surface area contributed by atoms with Crippen LogP contribution in [-0.4, -0.2) is 60.5 Å². The zero-order valence-electron chi connectivity index (χ0n) is 17.9.